The molecule has 1 aliphatic heterocycles. The molecule has 96 valence electrons. The molecule has 18 heavy (non-hydrogen) atoms. The monoisotopic (exact) mass is 243 g/mol. The second-order valence-electron chi connectivity index (χ2n) is 5.53. The van der Waals surface area contributed by atoms with Gasteiger partial charge < -0.3 is 11.1 Å². The molecule has 1 saturated carbocycles. The Morgan fingerprint density at radius 1 is 1.33 bits per heavy atom. The maximum atomic E-state index is 5.79. The molecule has 3 rings (SSSR count). The van der Waals surface area contributed by atoms with Crippen LogP contribution < -0.4 is 11.1 Å². The first-order chi connectivity index (χ1) is 8.78. The Balaban J connectivity index is 1.80. The van der Waals surface area contributed by atoms with E-state index in [9.17, 15) is 0 Å². The van der Waals surface area contributed by atoms with E-state index in [0.717, 1.165) is 12.4 Å². The number of nitrogens with zero attached hydrogens (tertiary/aromatic N) is 1. The van der Waals surface area contributed by atoms with Crippen LogP contribution in [0.4, 0.5) is 0 Å². The zero-order valence-corrected chi connectivity index (χ0v) is 10.9. The van der Waals surface area contributed by atoms with Gasteiger partial charge in [0.05, 0.1) is 12.1 Å². The summed E-state index contributed by atoms with van der Waals surface area (Å²) in [6.45, 7) is 2.95. The fourth-order valence-corrected chi connectivity index (χ4v) is 3.13. The fraction of sp³-hybridized carbons (Fsp3) is 0.533. The van der Waals surface area contributed by atoms with Crippen LogP contribution in [0.25, 0.3) is 0 Å². The van der Waals surface area contributed by atoms with E-state index in [2.05, 4.69) is 36.5 Å². The van der Waals surface area contributed by atoms with Crippen molar-refractivity contribution < 1.29 is 0 Å². The molecular weight excluding hydrogens is 222 g/mol. The number of aliphatic imine (C=N–C) groups is 1. The maximum absolute atomic E-state index is 5.79. The normalized spacial score (nSPS) is 30.6. The lowest BCUT2D eigenvalue weighted by molar-refractivity contribution is 0.294. The summed E-state index contributed by atoms with van der Waals surface area (Å²) < 4.78 is 0. The smallest absolute Gasteiger partial charge is 0.129 e. The molecule has 0 radical (unpaired) electrons. The molecule has 2 aliphatic rings. The zero-order valence-electron chi connectivity index (χ0n) is 10.9. The number of hydrogen-bond donors (Lipinski definition) is 2. The second kappa shape index (κ2) is 4.73. The van der Waals surface area contributed by atoms with Crippen molar-refractivity contribution >= 4 is 5.84 Å². The SMILES string of the molecule is Cc1ccccc1C1=NC2CCC(CN)CC2N1. The Morgan fingerprint density at radius 2 is 2.17 bits per heavy atom. The average Bonchev–Trinajstić information content (AvgIpc) is 2.81. The van der Waals surface area contributed by atoms with Crippen LogP contribution in [-0.2, 0) is 0 Å². The van der Waals surface area contributed by atoms with E-state index in [4.69, 9.17) is 10.7 Å². The Morgan fingerprint density at radius 3 is 2.94 bits per heavy atom. The van der Waals surface area contributed by atoms with Crippen LogP contribution in [0.2, 0.25) is 0 Å². The van der Waals surface area contributed by atoms with E-state index in [-0.39, 0.29) is 0 Å². The lowest BCUT2D eigenvalue weighted by atomic mass is 9.83. The predicted molar refractivity (Wildman–Crippen MR) is 74.8 cm³/mol. The van der Waals surface area contributed by atoms with Gasteiger partial charge in [0.15, 0.2) is 0 Å². The minimum atomic E-state index is 0.461. The number of aryl methyl sites for hydroxylation is 1. The van der Waals surface area contributed by atoms with Gasteiger partial charge in [0.1, 0.15) is 5.84 Å². The van der Waals surface area contributed by atoms with Gasteiger partial charge in [0.2, 0.25) is 0 Å². The van der Waals surface area contributed by atoms with Crippen molar-refractivity contribution in [2.45, 2.75) is 38.3 Å². The largest absolute Gasteiger partial charge is 0.365 e. The lowest BCUT2D eigenvalue weighted by Crippen LogP contribution is -2.41. The van der Waals surface area contributed by atoms with Gasteiger partial charge in [-0.05, 0) is 44.2 Å². The topological polar surface area (TPSA) is 50.4 Å². The molecule has 3 atom stereocenters. The highest BCUT2D eigenvalue weighted by atomic mass is 15.1. The van der Waals surface area contributed by atoms with E-state index in [0.29, 0.717) is 18.0 Å². The molecule has 0 amide bonds. The molecule has 3 heteroatoms. The van der Waals surface area contributed by atoms with Crippen LogP contribution in [0.1, 0.15) is 30.4 Å². The standard InChI is InChI=1S/C15H21N3/c1-10-4-2-3-5-12(10)15-17-13-7-6-11(9-16)8-14(13)18-15/h2-5,11,13-14H,6-9,16H2,1H3,(H,17,18). The first-order valence-corrected chi connectivity index (χ1v) is 6.88. The molecular formula is C15H21N3. The van der Waals surface area contributed by atoms with Gasteiger partial charge in [-0.25, -0.2) is 0 Å². The third-order valence-electron chi connectivity index (χ3n) is 4.27. The van der Waals surface area contributed by atoms with Gasteiger partial charge in [0, 0.05) is 5.56 Å². The molecule has 0 aromatic heterocycles. The lowest BCUT2D eigenvalue weighted by Gasteiger charge is -2.29. The molecule has 1 aromatic rings. The van der Waals surface area contributed by atoms with Crippen molar-refractivity contribution in [1.29, 1.82) is 0 Å². The molecule has 1 aliphatic carbocycles. The highest BCUT2D eigenvalue weighted by molar-refractivity contribution is 6.01. The van der Waals surface area contributed by atoms with Gasteiger partial charge in [-0.2, -0.15) is 0 Å². The zero-order chi connectivity index (χ0) is 12.5. The van der Waals surface area contributed by atoms with E-state index >= 15 is 0 Å². The number of hydrogen-bond acceptors (Lipinski definition) is 3. The summed E-state index contributed by atoms with van der Waals surface area (Å²) in [6, 6.07) is 9.41. The summed E-state index contributed by atoms with van der Waals surface area (Å²) in [4.78, 5) is 4.87. The first-order valence-electron chi connectivity index (χ1n) is 6.88. The van der Waals surface area contributed by atoms with Crippen LogP contribution in [0.5, 0.6) is 0 Å². The van der Waals surface area contributed by atoms with E-state index in [1.807, 2.05) is 0 Å². The number of amidine groups is 1. The summed E-state index contributed by atoms with van der Waals surface area (Å²) in [5.41, 5.74) is 8.33. The Labute approximate surface area is 108 Å². The molecule has 0 spiro atoms. The van der Waals surface area contributed by atoms with Gasteiger partial charge in [0.25, 0.3) is 0 Å². The molecule has 3 N–H and O–H groups in total. The number of rotatable bonds is 2. The van der Waals surface area contributed by atoms with Crippen molar-refractivity contribution in [2.75, 3.05) is 6.54 Å². The van der Waals surface area contributed by atoms with Gasteiger partial charge >= 0.3 is 0 Å². The maximum Gasteiger partial charge on any atom is 0.129 e. The number of nitrogens with two attached hydrogens (primary N) is 1. The molecule has 1 heterocycles. The Kier molecular flexibility index (Phi) is 3.08. The highest BCUT2D eigenvalue weighted by Crippen LogP contribution is 2.30. The third kappa shape index (κ3) is 2.03. The van der Waals surface area contributed by atoms with E-state index < -0.39 is 0 Å². The Bertz CT molecular complexity index is 467. The number of fused-ring (bicyclic) bond motifs is 1. The van der Waals surface area contributed by atoms with Crippen LogP contribution in [0.15, 0.2) is 29.3 Å². The molecule has 1 aromatic carbocycles. The van der Waals surface area contributed by atoms with Crippen LogP contribution in [-0.4, -0.2) is 24.5 Å². The summed E-state index contributed by atoms with van der Waals surface area (Å²) >= 11 is 0. The van der Waals surface area contributed by atoms with Crippen molar-refractivity contribution in [3.8, 4) is 0 Å². The number of benzene rings is 1. The van der Waals surface area contributed by atoms with Crippen LogP contribution >= 0.6 is 0 Å². The summed E-state index contributed by atoms with van der Waals surface area (Å²) in [6.07, 6.45) is 3.57. The third-order valence-corrected chi connectivity index (χ3v) is 4.27. The van der Waals surface area contributed by atoms with Crippen molar-refractivity contribution in [1.82, 2.24) is 5.32 Å². The quantitative estimate of drug-likeness (QED) is 0.832. The van der Waals surface area contributed by atoms with Gasteiger partial charge in [-0.15, -0.1) is 0 Å². The summed E-state index contributed by atoms with van der Waals surface area (Å²) in [5, 5.41) is 3.61. The molecule has 3 unspecified atom stereocenters. The summed E-state index contributed by atoms with van der Waals surface area (Å²) in [7, 11) is 0. The van der Waals surface area contributed by atoms with E-state index in [1.165, 1.54) is 30.4 Å². The van der Waals surface area contributed by atoms with Crippen LogP contribution in [0, 0.1) is 12.8 Å². The first kappa shape index (κ1) is 11.7. The van der Waals surface area contributed by atoms with Crippen molar-refractivity contribution in [2.24, 2.45) is 16.6 Å². The molecule has 0 bridgehead atoms. The minimum absolute atomic E-state index is 0.461. The second-order valence-corrected chi connectivity index (χ2v) is 5.53. The highest BCUT2D eigenvalue weighted by Gasteiger charge is 2.34. The molecule has 1 fully saturated rings. The minimum Gasteiger partial charge on any atom is -0.365 e. The van der Waals surface area contributed by atoms with Crippen molar-refractivity contribution in [3.05, 3.63) is 35.4 Å². The van der Waals surface area contributed by atoms with E-state index in [1.54, 1.807) is 0 Å². The summed E-state index contributed by atoms with van der Waals surface area (Å²) in [5.74, 6) is 1.76. The predicted octanol–water partition coefficient (Wildman–Crippen LogP) is 1.84. The molecule has 0 saturated heterocycles. The van der Waals surface area contributed by atoms with Crippen molar-refractivity contribution in [3.63, 3.8) is 0 Å². The fourth-order valence-electron chi connectivity index (χ4n) is 3.13. The van der Waals surface area contributed by atoms with Crippen LogP contribution in [0.3, 0.4) is 0 Å². The van der Waals surface area contributed by atoms with Gasteiger partial charge in [-0.1, -0.05) is 24.3 Å². The van der Waals surface area contributed by atoms with Gasteiger partial charge in [-0.3, -0.25) is 4.99 Å². The molecule has 3 nitrogen and oxygen atoms in total. The number of nitrogens with one attached hydrogen (secondary N) is 1. The Hall–Kier alpha value is -1.35. The average molecular weight is 243 g/mol.